The molecule has 2 fully saturated rings. The molecule has 0 aromatic heterocycles. The molecule has 0 bridgehead atoms. The number of alkyl halides is 1. The summed E-state index contributed by atoms with van der Waals surface area (Å²) in [7, 11) is 3.18. The lowest BCUT2D eigenvalue weighted by atomic mass is 9.98. The monoisotopic (exact) mass is 648 g/mol. The van der Waals surface area contributed by atoms with Crippen LogP contribution in [-0.4, -0.2) is 45.5 Å². The molecule has 46 heavy (non-hydrogen) atoms. The predicted octanol–water partition coefficient (Wildman–Crippen LogP) is 9.21. The van der Waals surface area contributed by atoms with Gasteiger partial charge in [0.1, 0.15) is 23.1 Å². The molecule has 0 atom stereocenters. The number of hydrogen-bond acceptors (Lipinski definition) is 5. The van der Waals surface area contributed by atoms with Crippen LogP contribution in [0.3, 0.4) is 0 Å². The number of hydrogen-bond donors (Lipinski definition) is 1. The van der Waals surface area contributed by atoms with Crippen molar-refractivity contribution in [2.75, 3.05) is 50.2 Å². The summed E-state index contributed by atoms with van der Waals surface area (Å²) in [5.74, 6) is 1.26. The van der Waals surface area contributed by atoms with Crippen LogP contribution in [0.4, 0.5) is 20.2 Å². The molecule has 6 rings (SSSR count). The molecule has 1 N–H and O–H groups in total. The first-order valence-corrected chi connectivity index (χ1v) is 16.6. The van der Waals surface area contributed by atoms with Crippen molar-refractivity contribution in [3.05, 3.63) is 95.6 Å². The molecule has 2 aliphatic heterocycles. The van der Waals surface area contributed by atoms with Crippen LogP contribution in [0.5, 0.6) is 11.5 Å². The van der Waals surface area contributed by atoms with Gasteiger partial charge in [0.15, 0.2) is 0 Å². The lowest BCUT2D eigenvalue weighted by Gasteiger charge is -2.31. The summed E-state index contributed by atoms with van der Waals surface area (Å²) in [5, 5.41) is 9.45. The summed E-state index contributed by atoms with van der Waals surface area (Å²) in [5.41, 5.74) is 6.81. The highest BCUT2D eigenvalue weighted by Crippen LogP contribution is 2.38. The molecule has 0 radical (unpaired) electrons. The number of benzene rings is 4. The van der Waals surface area contributed by atoms with Gasteiger partial charge in [-0.15, -0.1) is 11.6 Å². The van der Waals surface area contributed by atoms with Gasteiger partial charge in [-0.3, -0.25) is 0 Å². The summed E-state index contributed by atoms with van der Waals surface area (Å²) in [6.45, 7) is 3.93. The molecule has 8 heteroatoms. The highest BCUT2D eigenvalue weighted by molar-refractivity contribution is 6.17. The quantitative estimate of drug-likeness (QED) is 0.193. The molecule has 4 aromatic rings. The van der Waals surface area contributed by atoms with Crippen molar-refractivity contribution in [2.24, 2.45) is 0 Å². The summed E-state index contributed by atoms with van der Waals surface area (Å²) >= 11 is 6.00. The lowest BCUT2D eigenvalue weighted by Crippen LogP contribution is -2.30. The molecule has 0 spiro atoms. The summed E-state index contributed by atoms with van der Waals surface area (Å²) < 4.78 is 39.3. The van der Waals surface area contributed by atoms with Crippen LogP contribution in [-0.2, 0) is 12.5 Å². The van der Waals surface area contributed by atoms with Crippen molar-refractivity contribution >= 4 is 23.0 Å². The van der Waals surface area contributed by atoms with E-state index in [1.54, 1.807) is 38.5 Å². The number of ether oxygens (including phenoxy) is 2. The van der Waals surface area contributed by atoms with E-state index in [1.807, 2.05) is 30.3 Å². The lowest BCUT2D eigenvalue weighted by molar-refractivity contribution is 0.282. The van der Waals surface area contributed by atoms with Crippen molar-refractivity contribution in [3.8, 4) is 33.8 Å². The van der Waals surface area contributed by atoms with Gasteiger partial charge in [0.05, 0.1) is 20.8 Å². The fraction of sp³-hybridized carbons (Fsp3) is 0.368. The average molecular weight is 649 g/mol. The fourth-order valence-electron chi connectivity index (χ4n) is 6.26. The summed E-state index contributed by atoms with van der Waals surface area (Å²) in [6.07, 6.45) is 7.12. The van der Waals surface area contributed by atoms with Gasteiger partial charge in [-0.1, -0.05) is 24.3 Å². The number of halogens is 3. The van der Waals surface area contributed by atoms with E-state index in [2.05, 4.69) is 15.9 Å². The van der Waals surface area contributed by atoms with Crippen molar-refractivity contribution in [1.82, 2.24) is 0 Å². The Balaban J connectivity index is 0.000000181. The number of anilines is 2. The Morgan fingerprint density at radius 1 is 0.587 bits per heavy atom. The third kappa shape index (κ3) is 7.94. The third-order valence-electron chi connectivity index (χ3n) is 8.78. The van der Waals surface area contributed by atoms with Crippen LogP contribution >= 0.6 is 11.6 Å². The zero-order valence-corrected chi connectivity index (χ0v) is 27.5. The number of piperidine rings is 2. The first-order valence-electron chi connectivity index (χ1n) is 16.1. The van der Waals surface area contributed by atoms with E-state index in [-0.39, 0.29) is 18.2 Å². The minimum absolute atomic E-state index is 0.0122. The Hall–Kier alpha value is -3.81. The Morgan fingerprint density at radius 2 is 1.02 bits per heavy atom. The maximum Gasteiger partial charge on any atom is 0.131 e. The Kier molecular flexibility index (Phi) is 11.8. The molecule has 2 saturated heterocycles. The van der Waals surface area contributed by atoms with Gasteiger partial charge in [-0.25, -0.2) is 8.78 Å². The predicted molar refractivity (Wildman–Crippen MR) is 184 cm³/mol. The minimum Gasteiger partial charge on any atom is -0.497 e. The van der Waals surface area contributed by atoms with Crippen LogP contribution in [0, 0.1) is 11.6 Å². The van der Waals surface area contributed by atoms with Crippen molar-refractivity contribution in [3.63, 3.8) is 0 Å². The van der Waals surface area contributed by atoms with Crippen molar-refractivity contribution in [2.45, 2.75) is 51.0 Å². The molecule has 0 saturated carbocycles. The second-order valence-electron chi connectivity index (χ2n) is 11.8. The second-order valence-corrected chi connectivity index (χ2v) is 12.0. The number of methoxy groups -OCH3 is 2. The molecule has 0 amide bonds. The van der Waals surface area contributed by atoms with Gasteiger partial charge in [-0.2, -0.15) is 0 Å². The van der Waals surface area contributed by atoms with E-state index >= 15 is 0 Å². The normalized spacial score (nSPS) is 14.8. The molecular formula is C38H43ClF2N2O3. The molecule has 5 nitrogen and oxygen atoms in total. The molecule has 0 unspecified atom stereocenters. The number of aliphatic hydroxyl groups is 1. The maximum absolute atomic E-state index is 14.4. The molecule has 2 heterocycles. The number of aliphatic hydroxyl groups excluding tert-OH is 1. The number of nitrogens with zero attached hydrogens (tertiary/aromatic N) is 2. The van der Waals surface area contributed by atoms with E-state index in [4.69, 9.17) is 21.1 Å². The molecular weight excluding hydrogens is 606 g/mol. The van der Waals surface area contributed by atoms with E-state index in [0.717, 1.165) is 72.6 Å². The van der Waals surface area contributed by atoms with E-state index in [1.165, 1.54) is 37.8 Å². The van der Waals surface area contributed by atoms with Crippen molar-refractivity contribution < 1.29 is 23.4 Å². The van der Waals surface area contributed by atoms with E-state index in [0.29, 0.717) is 28.5 Å². The highest BCUT2D eigenvalue weighted by atomic mass is 35.5. The Labute approximate surface area is 276 Å². The molecule has 4 aromatic carbocycles. The van der Waals surface area contributed by atoms with Crippen LogP contribution < -0.4 is 19.3 Å². The smallest absolute Gasteiger partial charge is 0.131 e. The topological polar surface area (TPSA) is 45.2 Å². The van der Waals surface area contributed by atoms with Gasteiger partial charge in [0, 0.05) is 65.7 Å². The average Bonchev–Trinajstić information content (AvgIpc) is 3.12. The summed E-state index contributed by atoms with van der Waals surface area (Å²) in [4.78, 5) is 4.63. The first-order chi connectivity index (χ1) is 22.4. The zero-order valence-electron chi connectivity index (χ0n) is 26.7. The third-order valence-corrected chi connectivity index (χ3v) is 9.09. The number of rotatable bonds is 8. The Morgan fingerprint density at radius 3 is 1.43 bits per heavy atom. The molecule has 244 valence electrons. The van der Waals surface area contributed by atoms with Crippen molar-refractivity contribution in [1.29, 1.82) is 0 Å². The highest BCUT2D eigenvalue weighted by Gasteiger charge is 2.20. The standard InChI is InChI=1S/C19H21ClFNO.C19H22FNO2/c1-23-15-6-8-18(21)17(12-15)16-7-5-14(13-20)11-19(16)22-9-3-2-4-10-22;1-23-15-6-8-18(20)17(12-15)16-7-5-14(13-22)11-19(16)21-9-3-2-4-10-21/h5-8,11-12H,2-4,9-10,13H2,1H3;5-8,11-12,22H,2-4,9-10,13H2,1H3. The zero-order chi connectivity index (χ0) is 32.5. The van der Waals surface area contributed by atoms with Gasteiger partial charge < -0.3 is 24.4 Å². The van der Waals surface area contributed by atoms with Crippen LogP contribution in [0.2, 0.25) is 0 Å². The van der Waals surface area contributed by atoms with Gasteiger partial charge >= 0.3 is 0 Å². The summed E-state index contributed by atoms with van der Waals surface area (Å²) in [6, 6.07) is 21.4. The van der Waals surface area contributed by atoms with Crippen LogP contribution in [0.25, 0.3) is 22.3 Å². The van der Waals surface area contributed by atoms with Gasteiger partial charge in [-0.05, 0) is 98.2 Å². The van der Waals surface area contributed by atoms with E-state index in [9.17, 15) is 13.9 Å². The maximum atomic E-state index is 14.4. The SMILES string of the molecule is COc1ccc(F)c(-c2ccc(CCl)cc2N2CCCCC2)c1.COc1ccc(F)c(-c2ccc(CO)cc2N2CCCCC2)c1. The minimum atomic E-state index is -0.263. The largest absolute Gasteiger partial charge is 0.497 e. The van der Waals surface area contributed by atoms with Crippen LogP contribution in [0.15, 0.2) is 72.8 Å². The molecule has 2 aliphatic rings. The first kappa shape index (κ1) is 33.6. The second kappa shape index (κ2) is 16.1. The molecule has 0 aliphatic carbocycles. The van der Waals surface area contributed by atoms with Gasteiger partial charge in [0.25, 0.3) is 0 Å². The van der Waals surface area contributed by atoms with E-state index < -0.39 is 0 Å². The fourth-order valence-corrected chi connectivity index (χ4v) is 6.43. The van der Waals surface area contributed by atoms with Gasteiger partial charge in [0.2, 0.25) is 0 Å². The Bertz CT molecular complexity index is 1480. The van der Waals surface area contributed by atoms with Crippen LogP contribution in [0.1, 0.15) is 49.7 Å².